The monoisotopic (exact) mass is 361 g/mol. The highest BCUT2D eigenvalue weighted by Crippen LogP contribution is 2.30. The molecule has 2 N–H and O–H groups in total. The number of H-pyrrole nitrogens is 1. The molecule has 0 radical (unpaired) electrons. The maximum Gasteiger partial charge on any atom is 0.416 e. The molecule has 8 heteroatoms. The van der Waals surface area contributed by atoms with E-state index in [4.69, 9.17) is 0 Å². The largest absolute Gasteiger partial charge is 0.416 e. The second-order valence-corrected chi connectivity index (χ2v) is 5.77. The minimum Gasteiger partial charge on any atom is -0.344 e. The summed E-state index contributed by atoms with van der Waals surface area (Å²) in [6, 6.07) is 10.5. The normalized spacial score (nSPS) is 12.8. The van der Waals surface area contributed by atoms with Gasteiger partial charge in [-0.25, -0.2) is 5.10 Å². The fourth-order valence-electron chi connectivity index (χ4n) is 2.62. The van der Waals surface area contributed by atoms with Crippen molar-refractivity contribution in [3.8, 4) is 0 Å². The lowest BCUT2D eigenvalue weighted by molar-refractivity contribution is -0.137. The Morgan fingerprint density at radius 1 is 1.12 bits per heavy atom. The molecule has 3 rings (SSSR count). The van der Waals surface area contributed by atoms with Gasteiger partial charge in [0.05, 0.1) is 17.0 Å². The van der Waals surface area contributed by atoms with Crippen molar-refractivity contribution in [1.29, 1.82) is 0 Å². The summed E-state index contributed by atoms with van der Waals surface area (Å²) in [7, 11) is 0. The number of carbonyl (C=O) groups excluding carboxylic acids is 1. The second kappa shape index (κ2) is 6.62. The van der Waals surface area contributed by atoms with Crippen LogP contribution in [0.1, 0.15) is 34.6 Å². The van der Waals surface area contributed by atoms with E-state index >= 15 is 0 Å². The smallest absolute Gasteiger partial charge is 0.344 e. The fourth-order valence-corrected chi connectivity index (χ4v) is 2.62. The lowest BCUT2D eigenvalue weighted by atomic mass is 10.0. The van der Waals surface area contributed by atoms with Gasteiger partial charge in [-0.05, 0) is 30.7 Å². The highest BCUT2D eigenvalue weighted by molar-refractivity contribution is 6.04. The molecule has 1 heterocycles. The number of hydrogen-bond acceptors (Lipinski definition) is 3. The number of halogens is 3. The van der Waals surface area contributed by atoms with Crippen LogP contribution in [-0.2, 0) is 6.18 Å². The maximum absolute atomic E-state index is 12.8. The molecular formula is C18H14F3N3O2. The molecule has 0 saturated carbocycles. The Morgan fingerprint density at radius 3 is 2.50 bits per heavy atom. The number of alkyl halides is 3. The lowest BCUT2D eigenvalue weighted by Crippen LogP contribution is -2.29. The van der Waals surface area contributed by atoms with Crippen molar-refractivity contribution in [1.82, 2.24) is 15.5 Å². The van der Waals surface area contributed by atoms with Gasteiger partial charge in [0.25, 0.3) is 11.5 Å². The van der Waals surface area contributed by atoms with Crippen LogP contribution in [0.5, 0.6) is 0 Å². The third kappa shape index (κ3) is 3.44. The lowest BCUT2D eigenvalue weighted by Gasteiger charge is -2.16. The van der Waals surface area contributed by atoms with Crippen molar-refractivity contribution in [3.05, 3.63) is 75.7 Å². The van der Waals surface area contributed by atoms with Gasteiger partial charge in [0.2, 0.25) is 0 Å². The van der Waals surface area contributed by atoms with E-state index in [1.54, 1.807) is 31.2 Å². The molecule has 0 fully saturated rings. The van der Waals surface area contributed by atoms with Crippen LogP contribution in [0.3, 0.4) is 0 Å². The fraction of sp³-hybridized carbons (Fsp3) is 0.167. The van der Waals surface area contributed by atoms with Gasteiger partial charge < -0.3 is 5.32 Å². The molecule has 134 valence electrons. The van der Waals surface area contributed by atoms with Crippen LogP contribution in [0.25, 0.3) is 10.8 Å². The van der Waals surface area contributed by atoms with Crippen molar-refractivity contribution >= 4 is 16.7 Å². The molecule has 5 nitrogen and oxygen atoms in total. The molecule has 1 unspecified atom stereocenters. The summed E-state index contributed by atoms with van der Waals surface area (Å²) in [5, 5.41) is 9.31. The third-order valence-corrected chi connectivity index (χ3v) is 3.97. The van der Waals surface area contributed by atoms with Crippen LogP contribution in [0.4, 0.5) is 13.2 Å². The Labute approximate surface area is 145 Å². The average molecular weight is 361 g/mol. The van der Waals surface area contributed by atoms with E-state index in [1.807, 2.05) is 0 Å². The number of rotatable bonds is 3. The minimum absolute atomic E-state index is 0.000902. The van der Waals surface area contributed by atoms with Crippen LogP contribution in [0, 0.1) is 0 Å². The molecule has 1 atom stereocenters. The Hall–Kier alpha value is -3.16. The summed E-state index contributed by atoms with van der Waals surface area (Å²) in [4.78, 5) is 24.3. The molecule has 2 aromatic carbocycles. The van der Waals surface area contributed by atoms with Crippen LogP contribution in [0.15, 0.2) is 53.3 Å². The van der Waals surface area contributed by atoms with Crippen molar-refractivity contribution < 1.29 is 18.0 Å². The first kappa shape index (κ1) is 17.7. The summed E-state index contributed by atoms with van der Waals surface area (Å²) in [6.45, 7) is 1.57. The van der Waals surface area contributed by atoms with Gasteiger partial charge in [-0.3, -0.25) is 9.59 Å². The quantitative estimate of drug-likeness (QED) is 0.751. The molecule has 0 spiro atoms. The number of nitrogens with zero attached hydrogens (tertiary/aromatic N) is 1. The first-order valence-electron chi connectivity index (χ1n) is 7.73. The molecule has 0 saturated heterocycles. The number of aromatic amines is 1. The number of fused-ring (bicyclic) bond motifs is 1. The average Bonchev–Trinajstić information content (AvgIpc) is 2.61. The summed E-state index contributed by atoms with van der Waals surface area (Å²) >= 11 is 0. The predicted molar refractivity (Wildman–Crippen MR) is 89.7 cm³/mol. The van der Waals surface area contributed by atoms with E-state index in [0.717, 1.165) is 12.1 Å². The van der Waals surface area contributed by atoms with Crippen LogP contribution >= 0.6 is 0 Å². The van der Waals surface area contributed by atoms with E-state index in [0.29, 0.717) is 16.3 Å². The number of benzene rings is 2. The third-order valence-electron chi connectivity index (χ3n) is 3.97. The minimum atomic E-state index is -4.46. The van der Waals surface area contributed by atoms with Gasteiger partial charge in [-0.15, -0.1) is 0 Å². The first-order chi connectivity index (χ1) is 12.3. The molecule has 3 aromatic rings. The Balaban J connectivity index is 1.89. The summed E-state index contributed by atoms with van der Waals surface area (Å²) in [5.41, 5.74) is -0.910. The standard InChI is InChI=1S/C18H14F3N3O2/c1-10(11-5-4-6-12(9-11)18(19,20)21)22-17(26)15-13-7-2-3-8-14(13)16(25)24-23-15/h2-10H,1H3,(H,22,26)(H,24,25). The van der Waals surface area contributed by atoms with Gasteiger partial charge in [-0.2, -0.15) is 18.3 Å². The maximum atomic E-state index is 12.8. The van der Waals surface area contributed by atoms with Crippen LogP contribution in [0.2, 0.25) is 0 Å². The van der Waals surface area contributed by atoms with E-state index in [2.05, 4.69) is 15.5 Å². The SMILES string of the molecule is CC(NC(=O)c1n[nH]c(=O)c2ccccc12)c1cccc(C(F)(F)F)c1. The Morgan fingerprint density at radius 2 is 1.81 bits per heavy atom. The zero-order chi connectivity index (χ0) is 18.9. The van der Waals surface area contributed by atoms with Crippen molar-refractivity contribution in [2.45, 2.75) is 19.1 Å². The highest BCUT2D eigenvalue weighted by Gasteiger charge is 2.30. The predicted octanol–water partition coefficient (Wildman–Crippen LogP) is 3.43. The van der Waals surface area contributed by atoms with Crippen LogP contribution in [-0.4, -0.2) is 16.1 Å². The molecule has 0 aliphatic rings. The zero-order valence-electron chi connectivity index (χ0n) is 13.6. The molecular weight excluding hydrogens is 347 g/mol. The summed E-state index contributed by atoms with van der Waals surface area (Å²) in [6.07, 6.45) is -4.46. The number of amides is 1. The summed E-state index contributed by atoms with van der Waals surface area (Å²) < 4.78 is 38.5. The molecule has 0 aliphatic heterocycles. The van der Waals surface area contributed by atoms with Crippen molar-refractivity contribution in [2.75, 3.05) is 0 Å². The highest BCUT2D eigenvalue weighted by atomic mass is 19.4. The molecule has 0 bridgehead atoms. The second-order valence-electron chi connectivity index (χ2n) is 5.77. The number of aromatic nitrogens is 2. The van der Waals surface area contributed by atoms with Gasteiger partial charge in [-0.1, -0.05) is 30.3 Å². The van der Waals surface area contributed by atoms with Crippen molar-refractivity contribution in [3.63, 3.8) is 0 Å². The number of hydrogen-bond donors (Lipinski definition) is 2. The zero-order valence-corrected chi connectivity index (χ0v) is 13.6. The topological polar surface area (TPSA) is 74.8 Å². The van der Waals surface area contributed by atoms with E-state index < -0.39 is 29.2 Å². The van der Waals surface area contributed by atoms with Gasteiger partial charge in [0.1, 0.15) is 0 Å². The van der Waals surface area contributed by atoms with Gasteiger partial charge in [0.15, 0.2) is 5.69 Å². The molecule has 1 amide bonds. The van der Waals surface area contributed by atoms with Crippen LogP contribution < -0.4 is 10.9 Å². The van der Waals surface area contributed by atoms with Gasteiger partial charge in [0, 0.05) is 5.39 Å². The number of carbonyl (C=O) groups is 1. The molecule has 26 heavy (non-hydrogen) atoms. The Bertz CT molecular complexity index is 1030. The van der Waals surface area contributed by atoms with E-state index in [1.165, 1.54) is 12.1 Å². The molecule has 0 aliphatic carbocycles. The van der Waals surface area contributed by atoms with E-state index in [9.17, 15) is 22.8 Å². The Kier molecular flexibility index (Phi) is 4.50. The van der Waals surface area contributed by atoms with Gasteiger partial charge >= 0.3 is 6.18 Å². The number of nitrogens with one attached hydrogen (secondary N) is 2. The summed E-state index contributed by atoms with van der Waals surface area (Å²) in [5.74, 6) is -0.595. The van der Waals surface area contributed by atoms with E-state index in [-0.39, 0.29) is 5.69 Å². The molecule has 1 aromatic heterocycles. The van der Waals surface area contributed by atoms with Crippen molar-refractivity contribution in [2.24, 2.45) is 0 Å². The first-order valence-corrected chi connectivity index (χ1v) is 7.73.